The van der Waals surface area contributed by atoms with Crippen LogP contribution in [-0.4, -0.2) is 48.6 Å². The lowest BCUT2D eigenvalue weighted by Crippen LogP contribution is -2.45. The molecule has 0 aliphatic heterocycles. The Morgan fingerprint density at radius 1 is 1.24 bits per heavy atom. The molecule has 1 unspecified atom stereocenters. The summed E-state index contributed by atoms with van der Waals surface area (Å²) in [4.78, 5) is 16.1. The second-order valence-corrected chi connectivity index (χ2v) is 5.28. The van der Waals surface area contributed by atoms with E-state index in [0.717, 1.165) is 13.1 Å². The number of carbonyl (C=O) groups is 1. The lowest BCUT2D eigenvalue weighted by molar-refractivity contribution is -0.138. The number of halogens is 1. The van der Waals surface area contributed by atoms with Crippen molar-refractivity contribution >= 4 is 17.5 Å². The van der Waals surface area contributed by atoms with E-state index in [9.17, 15) is 4.79 Å². The summed E-state index contributed by atoms with van der Waals surface area (Å²) < 4.78 is 5.88. The minimum Gasteiger partial charge on any atom is -0.469 e. The third-order valence-electron chi connectivity index (χ3n) is 3.53. The highest BCUT2D eigenvalue weighted by molar-refractivity contribution is 6.32. The van der Waals surface area contributed by atoms with Crippen molar-refractivity contribution in [3.05, 3.63) is 29.3 Å². The number of benzene rings is 1. The molecule has 0 radical (unpaired) electrons. The highest BCUT2D eigenvalue weighted by atomic mass is 35.5. The second-order valence-electron chi connectivity index (χ2n) is 4.88. The molecule has 0 aliphatic carbocycles. The Morgan fingerprint density at radius 3 is 2.38 bits per heavy atom. The first-order valence-corrected chi connectivity index (χ1v) is 7.80. The van der Waals surface area contributed by atoms with Gasteiger partial charge < -0.3 is 9.64 Å². The summed E-state index contributed by atoms with van der Waals surface area (Å²) in [5.41, 5.74) is 0. The number of para-hydroxylation sites is 1. The van der Waals surface area contributed by atoms with Crippen LogP contribution >= 0.6 is 11.6 Å². The number of hydrogen-bond acceptors (Lipinski definition) is 3. The van der Waals surface area contributed by atoms with Crippen LogP contribution in [0.2, 0.25) is 5.02 Å². The molecular formula is C16H25ClN2O2. The molecule has 118 valence electrons. The molecule has 1 aromatic carbocycles. The molecule has 0 spiro atoms. The summed E-state index contributed by atoms with van der Waals surface area (Å²) in [5, 5.41) is 0.556. The highest BCUT2D eigenvalue weighted by Gasteiger charge is 2.21. The van der Waals surface area contributed by atoms with Gasteiger partial charge in [-0.2, -0.15) is 0 Å². The van der Waals surface area contributed by atoms with E-state index in [0.29, 0.717) is 23.7 Å². The van der Waals surface area contributed by atoms with E-state index in [1.165, 1.54) is 0 Å². The van der Waals surface area contributed by atoms with E-state index >= 15 is 0 Å². The first kappa shape index (κ1) is 17.8. The molecule has 1 rings (SSSR count). The van der Waals surface area contributed by atoms with Gasteiger partial charge in [-0.25, -0.2) is 0 Å². The molecule has 5 heteroatoms. The van der Waals surface area contributed by atoms with Crippen molar-refractivity contribution < 1.29 is 9.53 Å². The molecule has 0 heterocycles. The number of nitrogens with zero attached hydrogens (tertiary/aromatic N) is 2. The second kappa shape index (κ2) is 8.90. The number of likely N-dealkylation sites (N-methyl/N-ethyl adjacent to an activating group) is 2. The van der Waals surface area contributed by atoms with Gasteiger partial charge in [0.25, 0.3) is 0 Å². The SMILES string of the molecule is CCC(Oc1ccccc1Cl)N(C)C(=O)CN(CC)CC. The Bertz CT molecular complexity index is 450. The molecular weight excluding hydrogens is 288 g/mol. The van der Waals surface area contributed by atoms with Gasteiger partial charge >= 0.3 is 0 Å². The predicted molar refractivity (Wildman–Crippen MR) is 86.7 cm³/mol. The van der Waals surface area contributed by atoms with Crippen LogP contribution in [0.5, 0.6) is 5.75 Å². The summed E-state index contributed by atoms with van der Waals surface area (Å²) in [6.45, 7) is 8.22. The number of rotatable bonds is 8. The Balaban J connectivity index is 2.70. The average molecular weight is 313 g/mol. The standard InChI is InChI=1S/C16H25ClN2O2/c1-5-16(21-14-11-9-8-10-13(14)17)18(4)15(20)12-19(6-2)7-3/h8-11,16H,5-7,12H2,1-4H3. The number of hydrogen-bond donors (Lipinski definition) is 0. The van der Waals surface area contributed by atoms with Gasteiger partial charge in [0.05, 0.1) is 11.6 Å². The molecule has 21 heavy (non-hydrogen) atoms. The normalized spacial score (nSPS) is 12.3. The van der Waals surface area contributed by atoms with E-state index in [1.807, 2.05) is 39.0 Å². The van der Waals surface area contributed by atoms with Gasteiger partial charge in [-0.3, -0.25) is 9.69 Å². The lowest BCUT2D eigenvalue weighted by atomic mass is 10.3. The zero-order chi connectivity index (χ0) is 15.8. The van der Waals surface area contributed by atoms with Crippen LogP contribution in [0.1, 0.15) is 27.2 Å². The van der Waals surface area contributed by atoms with Crippen LogP contribution in [0, 0.1) is 0 Å². The van der Waals surface area contributed by atoms with Gasteiger partial charge in [-0.1, -0.05) is 44.5 Å². The third-order valence-corrected chi connectivity index (χ3v) is 3.84. The van der Waals surface area contributed by atoms with Crippen molar-refractivity contribution in [3.63, 3.8) is 0 Å². The van der Waals surface area contributed by atoms with Crippen LogP contribution in [0.4, 0.5) is 0 Å². The summed E-state index contributed by atoms with van der Waals surface area (Å²) in [6.07, 6.45) is 0.388. The van der Waals surface area contributed by atoms with E-state index in [1.54, 1.807) is 18.0 Å². The first-order valence-electron chi connectivity index (χ1n) is 7.42. The van der Waals surface area contributed by atoms with Crippen molar-refractivity contribution in [2.75, 3.05) is 26.7 Å². The monoisotopic (exact) mass is 312 g/mol. The molecule has 4 nitrogen and oxygen atoms in total. The summed E-state index contributed by atoms with van der Waals surface area (Å²) in [6, 6.07) is 7.31. The smallest absolute Gasteiger partial charge is 0.239 e. The van der Waals surface area contributed by atoms with Crippen molar-refractivity contribution in [1.82, 2.24) is 9.80 Å². The fraction of sp³-hybridized carbons (Fsp3) is 0.562. The summed E-state index contributed by atoms with van der Waals surface area (Å²) in [5.74, 6) is 0.658. The minimum absolute atomic E-state index is 0.0533. The van der Waals surface area contributed by atoms with Gasteiger partial charge in [-0.15, -0.1) is 0 Å². The molecule has 0 aromatic heterocycles. The Hall–Kier alpha value is -1.26. The molecule has 0 saturated heterocycles. The van der Waals surface area contributed by atoms with Crippen molar-refractivity contribution in [2.24, 2.45) is 0 Å². The zero-order valence-corrected chi connectivity index (χ0v) is 14.1. The van der Waals surface area contributed by atoms with Crippen LogP contribution < -0.4 is 4.74 Å². The average Bonchev–Trinajstić information content (AvgIpc) is 2.50. The Morgan fingerprint density at radius 2 is 1.86 bits per heavy atom. The fourth-order valence-corrected chi connectivity index (χ4v) is 2.21. The molecule has 1 atom stereocenters. The number of ether oxygens (including phenoxy) is 1. The topological polar surface area (TPSA) is 32.8 Å². The van der Waals surface area contributed by atoms with Crippen LogP contribution in [0.15, 0.2) is 24.3 Å². The summed E-state index contributed by atoms with van der Waals surface area (Å²) in [7, 11) is 1.77. The number of amides is 1. The molecule has 0 bridgehead atoms. The molecule has 0 fully saturated rings. The zero-order valence-electron chi connectivity index (χ0n) is 13.3. The largest absolute Gasteiger partial charge is 0.469 e. The first-order chi connectivity index (χ1) is 10.0. The van der Waals surface area contributed by atoms with Crippen molar-refractivity contribution in [3.8, 4) is 5.75 Å². The predicted octanol–water partition coefficient (Wildman–Crippen LogP) is 3.26. The fourth-order valence-electron chi connectivity index (χ4n) is 2.03. The van der Waals surface area contributed by atoms with E-state index in [4.69, 9.17) is 16.3 Å². The number of carbonyl (C=O) groups excluding carboxylic acids is 1. The van der Waals surface area contributed by atoms with Crippen LogP contribution in [-0.2, 0) is 4.79 Å². The minimum atomic E-state index is -0.312. The van der Waals surface area contributed by atoms with Crippen LogP contribution in [0.3, 0.4) is 0 Å². The maximum absolute atomic E-state index is 12.3. The maximum atomic E-state index is 12.3. The maximum Gasteiger partial charge on any atom is 0.239 e. The van der Waals surface area contributed by atoms with Crippen molar-refractivity contribution in [2.45, 2.75) is 33.4 Å². The van der Waals surface area contributed by atoms with Gasteiger partial charge in [0, 0.05) is 13.5 Å². The Kier molecular flexibility index (Phi) is 7.54. The lowest BCUT2D eigenvalue weighted by Gasteiger charge is -2.30. The van der Waals surface area contributed by atoms with Crippen LogP contribution in [0.25, 0.3) is 0 Å². The highest BCUT2D eigenvalue weighted by Crippen LogP contribution is 2.25. The Labute approximate surface area is 132 Å². The molecule has 1 amide bonds. The molecule has 0 N–H and O–H groups in total. The van der Waals surface area contributed by atoms with E-state index < -0.39 is 0 Å². The van der Waals surface area contributed by atoms with E-state index in [2.05, 4.69) is 4.90 Å². The molecule has 0 saturated carbocycles. The van der Waals surface area contributed by atoms with Gasteiger partial charge in [0.1, 0.15) is 5.75 Å². The van der Waals surface area contributed by atoms with E-state index in [-0.39, 0.29) is 12.1 Å². The van der Waals surface area contributed by atoms with Crippen molar-refractivity contribution in [1.29, 1.82) is 0 Å². The van der Waals surface area contributed by atoms with Gasteiger partial charge in [0.15, 0.2) is 6.23 Å². The van der Waals surface area contributed by atoms with Gasteiger partial charge in [-0.05, 0) is 25.2 Å². The molecule has 1 aromatic rings. The third kappa shape index (κ3) is 5.21. The van der Waals surface area contributed by atoms with Gasteiger partial charge in [0.2, 0.25) is 5.91 Å². The molecule has 0 aliphatic rings. The summed E-state index contributed by atoms with van der Waals surface area (Å²) >= 11 is 6.10. The quantitative estimate of drug-likeness (QED) is 0.691.